The van der Waals surface area contributed by atoms with Gasteiger partial charge in [-0.1, -0.05) is 48.0 Å². The van der Waals surface area contributed by atoms with Crippen molar-refractivity contribution in [3.8, 4) is 6.07 Å². The van der Waals surface area contributed by atoms with Gasteiger partial charge in [0.05, 0.1) is 17.2 Å². The van der Waals surface area contributed by atoms with E-state index in [4.69, 9.17) is 11.6 Å². The molecule has 0 aliphatic carbocycles. The number of aromatic nitrogens is 2. The van der Waals surface area contributed by atoms with Crippen molar-refractivity contribution in [2.24, 2.45) is 7.05 Å². The highest BCUT2D eigenvalue weighted by Gasteiger charge is 2.12. The van der Waals surface area contributed by atoms with Gasteiger partial charge < -0.3 is 4.57 Å². The second-order valence-corrected chi connectivity index (χ2v) is 6.26. The van der Waals surface area contributed by atoms with Crippen molar-refractivity contribution in [1.82, 2.24) is 9.55 Å². The monoisotopic (exact) mass is 343 g/mol. The first-order chi connectivity index (χ1) is 12.2. The van der Waals surface area contributed by atoms with E-state index < -0.39 is 0 Å². The first kappa shape index (κ1) is 15.4. The second kappa shape index (κ2) is 6.08. The first-order valence-electron chi connectivity index (χ1n) is 7.89. The summed E-state index contributed by atoms with van der Waals surface area (Å²) in [4.78, 5) is 4.43. The minimum atomic E-state index is 0.395. The molecule has 2 aromatic carbocycles. The molecule has 0 unspecified atom stereocenters. The molecule has 4 aromatic rings. The van der Waals surface area contributed by atoms with Crippen LogP contribution in [0.25, 0.3) is 33.5 Å². The van der Waals surface area contributed by atoms with Crippen LogP contribution in [0.15, 0.2) is 60.8 Å². The van der Waals surface area contributed by atoms with Gasteiger partial charge >= 0.3 is 0 Å². The maximum absolute atomic E-state index is 9.72. The van der Waals surface area contributed by atoms with Gasteiger partial charge in [-0.05, 0) is 24.3 Å². The van der Waals surface area contributed by atoms with Crippen molar-refractivity contribution in [2.45, 2.75) is 0 Å². The van der Waals surface area contributed by atoms with Gasteiger partial charge in [0.25, 0.3) is 0 Å². The Hall–Kier alpha value is -3.09. The van der Waals surface area contributed by atoms with Crippen LogP contribution in [0.3, 0.4) is 0 Å². The van der Waals surface area contributed by atoms with Gasteiger partial charge in [-0.25, -0.2) is 4.98 Å². The summed E-state index contributed by atoms with van der Waals surface area (Å²) in [6.45, 7) is 0. The van der Waals surface area contributed by atoms with Crippen molar-refractivity contribution in [3.05, 3.63) is 77.1 Å². The van der Waals surface area contributed by atoms with Gasteiger partial charge in [-0.15, -0.1) is 0 Å². The van der Waals surface area contributed by atoms with E-state index in [1.165, 1.54) is 0 Å². The molecule has 120 valence electrons. The molecule has 0 saturated carbocycles. The number of nitrogens with zero attached hydrogens (tertiary/aromatic N) is 3. The summed E-state index contributed by atoms with van der Waals surface area (Å²) in [5, 5.41) is 12.2. The average molecular weight is 344 g/mol. The van der Waals surface area contributed by atoms with Crippen LogP contribution in [0.5, 0.6) is 0 Å². The third kappa shape index (κ3) is 2.67. The van der Waals surface area contributed by atoms with Crippen molar-refractivity contribution < 1.29 is 0 Å². The fourth-order valence-corrected chi connectivity index (χ4v) is 3.29. The summed E-state index contributed by atoms with van der Waals surface area (Å²) in [5.74, 6) is 0. The Kier molecular flexibility index (Phi) is 3.76. The van der Waals surface area contributed by atoms with E-state index in [1.54, 1.807) is 0 Å². The smallest absolute Gasteiger partial charge is 0.137 e. The van der Waals surface area contributed by atoms with Crippen LogP contribution in [-0.2, 0) is 7.05 Å². The van der Waals surface area contributed by atoms with Crippen LogP contribution in [0.1, 0.15) is 11.1 Å². The summed E-state index contributed by atoms with van der Waals surface area (Å²) in [6.07, 6.45) is 3.78. The fourth-order valence-electron chi connectivity index (χ4n) is 3.09. The van der Waals surface area contributed by atoms with E-state index >= 15 is 0 Å². The predicted octanol–water partition coefficient (Wildman–Crippen LogP) is 5.44. The quantitative estimate of drug-likeness (QED) is 0.359. The Morgan fingerprint density at radius 2 is 1.92 bits per heavy atom. The molecular formula is C21H14ClN3. The molecule has 0 aliphatic rings. The molecule has 0 fully saturated rings. The summed E-state index contributed by atoms with van der Waals surface area (Å²) in [6, 6.07) is 20.1. The summed E-state index contributed by atoms with van der Waals surface area (Å²) in [5.41, 5.74) is 4.13. The Morgan fingerprint density at radius 3 is 2.76 bits per heavy atom. The Labute approximate surface area is 150 Å². The van der Waals surface area contributed by atoms with Gasteiger partial charge in [0, 0.05) is 40.7 Å². The van der Waals surface area contributed by atoms with Gasteiger partial charge in [0.15, 0.2) is 0 Å². The molecule has 0 atom stereocenters. The highest BCUT2D eigenvalue weighted by Crippen LogP contribution is 2.30. The zero-order chi connectivity index (χ0) is 17.4. The number of halogens is 1. The molecular weight excluding hydrogens is 330 g/mol. The number of para-hydroxylation sites is 2. The molecule has 2 heterocycles. The van der Waals surface area contributed by atoms with Gasteiger partial charge in [0.1, 0.15) is 5.15 Å². The minimum absolute atomic E-state index is 0.395. The standard InChI is InChI=1S/C21H14ClN3/c1-25-13-18(17-7-3-5-9-20(17)25)16(12-23)11-15-10-14-6-2-4-8-19(14)24-21(15)22/h2-11,13H,1H3/b16-11-. The lowest BCUT2D eigenvalue weighted by molar-refractivity contribution is 0.967. The van der Waals surface area contributed by atoms with Crippen LogP contribution in [0.2, 0.25) is 5.15 Å². The third-order valence-corrected chi connectivity index (χ3v) is 4.61. The van der Waals surface area contributed by atoms with Crippen LogP contribution in [0, 0.1) is 11.3 Å². The summed E-state index contributed by atoms with van der Waals surface area (Å²) < 4.78 is 2.02. The normalized spacial score (nSPS) is 11.8. The lowest BCUT2D eigenvalue weighted by Gasteiger charge is -2.03. The van der Waals surface area contributed by atoms with Crippen molar-refractivity contribution >= 4 is 45.1 Å². The van der Waals surface area contributed by atoms with E-state index in [1.807, 2.05) is 78.5 Å². The lowest BCUT2D eigenvalue weighted by atomic mass is 10.0. The molecule has 0 amide bonds. The van der Waals surface area contributed by atoms with Crippen molar-refractivity contribution in [3.63, 3.8) is 0 Å². The molecule has 0 spiro atoms. The maximum atomic E-state index is 9.72. The van der Waals surface area contributed by atoms with E-state index in [0.717, 1.165) is 32.9 Å². The Bertz CT molecular complexity index is 1180. The van der Waals surface area contributed by atoms with Gasteiger partial charge in [-0.3, -0.25) is 0 Å². The molecule has 25 heavy (non-hydrogen) atoms. The van der Waals surface area contributed by atoms with Gasteiger partial charge in [-0.2, -0.15) is 5.26 Å². The largest absolute Gasteiger partial charge is 0.350 e. The van der Waals surface area contributed by atoms with Crippen LogP contribution in [-0.4, -0.2) is 9.55 Å². The van der Waals surface area contributed by atoms with E-state index in [-0.39, 0.29) is 0 Å². The zero-order valence-electron chi connectivity index (χ0n) is 13.6. The SMILES string of the molecule is Cn1cc(/C(C#N)=C\c2cc3ccccc3nc2Cl)c2ccccc21. The molecule has 4 rings (SSSR count). The van der Waals surface area contributed by atoms with E-state index in [9.17, 15) is 5.26 Å². The third-order valence-electron chi connectivity index (χ3n) is 4.31. The topological polar surface area (TPSA) is 41.6 Å². The number of aryl methyl sites for hydroxylation is 1. The Morgan fingerprint density at radius 1 is 1.16 bits per heavy atom. The number of fused-ring (bicyclic) bond motifs is 2. The van der Waals surface area contributed by atoms with E-state index in [2.05, 4.69) is 11.1 Å². The van der Waals surface area contributed by atoms with Crippen molar-refractivity contribution in [1.29, 1.82) is 5.26 Å². The molecule has 4 heteroatoms. The van der Waals surface area contributed by atoms with Crippen LogP contribution >= 0.6 is 11.6 Å². The lowest BCUT2D eigenvalue weighted by Crippen LogP contribution is -1.87. The molecule has 0 N–H and O–H groups in total. The Balaban J connectivity index is 1.92. The predicted molar refractivity (Wildman–Crippen MR) is 103 cm³/mol. The highest BCUT2D eigenvalue weighted by molar-refractivity contribution is 6.31. The number of rotatable bonds is 2. The van der Waals surface area contributed by atoms with Crippen LogP contribution < -0.4 is 0 Å². The number of hydrogen-bond acceptors (Lipinski definition) is 2. The molecule has 0 saturated heterocycles. The number of pyridine rings is 1. The fraction of sp³-hybridized carbons (Fsp3) is 0.0476. The van der Waals surface area contributed by atoms with E-state index in [0.29, 0.717) is 10.7 Å². The van der Waals surface area contributed by atoms with Crippen molar-refractivity contribution in [2.75, 3.05) is 0 Å². The minimum Gasteiger partial charge on any atom is -0.350 e. The number of benzene rings is 2. The first-order valence-corrected chi connectivity index (χ1v) is 8.26. The van der Waals surface area contributed by atoms with Gasteiger partial charge in [0.2, 0.25) is 0 Å². The zero-order valence-corrected chi connectivity index (χ0v) is 14.3. The molecule has 0 bridgehead atoms. The number of hydrogen-bond donors (Lipinski definition) is 0. The molecule has 0 radical (unpaired) electrons. The second-order valence-electron chi connectivity index (χ2n) is 5.90. The maximum Gasteiger partial charge on any atom is 0.137 e. The number of nitriles is 1. The summed E-state index contributed by atoms with van der Waals surface area (Å²) in [7, 11) is 1.98. The molecule has 2 aromatic heterocycles. The molecule has 3 nitrogen and oxygen atoms in total. The van der Waals surface area contributed by atoms with Crippen LogP contribution in [0.4, 0.5) is 0 Å². The highest BCUT2D eigenvalue weighted by atomic mass is 35.5. The average Bonchev–Trinajstić information content (AvgIpc) is 2.97. The summed E-state index contributed by atoms with van der Waals surface area (Å²) >= 11 is 6.34. The number of allylic oxidation sites excluding steroid dienone is 1. The molecule has 0 aliphatic heterocycles.